The molecule has 0 aliphatic carbocycles. The highest BCUT2D eigenvalue weighted by Gasteiger charge is 2.65. The average Bonchev–Trinajstić information content (AvgIpc) is 2.60. The fourth-order valence-corrected chi connectivity index (χ4v) is 4.58. The molecule has 1 N–H and O–H groups in total. The number of nitrogens with zero attached hydrogens (tertiary/aromatic N) is 1. The Hall–Kier alpha value is -2.66. The van der Waals surface area contributed by atoms with E-state index in [1.54, 1.807) is 20.8 Å². The van der Waals surface area contributed by atoms with Crippen molar-refractivity contribution in [3.63, 3.8) is 0 Å². The molecule has 0 aromatic heterocycles. The third-order valence-corrected chi connectivity index (χ3v) is 5.93. The van der Waals surface area contributed by atoms with Gasteiger partial charge in [-0.2, -0.15) is 0 Å². The summed E-state index contributed by atoms with van der Waals surface area (Å²) in [4.78, 5) is 25.4. The van der Waals surface area contributed by atoms with E-state index < -0.39 is 27.6 Å². The lowest BCUT2D eigenvalue weighted by atomic mass is 9.73. The van der Waals surface area contributed by atoms with E-state index >= 15 is 0 Å². The van der Waals surface area contributed by atoms with E-state index in [9.17, 15) is 19.8 Å². The van der Waals surface area contributed by atoms with E-state index in [0.29, 0.717) is 0 Å². The summed E-state index contributed by atoms with van der Waals surface area (Å²) in [5.74, 6) is -1.11. The van der Waals surface area contributed by atoms with Crippen molar-refractivity contribution < 1.29 is 24.3 Å². The van der Waals surface area contributed by atoms with Crippen LogP contribution in [0.25, 0.3) is 0 Å². The van der Waals surface area contributed by atoms with Gasteiger partial charge in [0.15, 0.2) is 0 Å². The lowest BCUT2D eigenvalue weighted by Crippen LogP contribution is -2.81. The summed E-state index contributed by atoms with van der Waals surface area (Å²) in [6.45, 7) is 5.42. The van der Waals surface area contributed by atoms with Gasteiger partial charge in [0.05, 0.1) is 5.54 Å². The molecule has 0 saturated carbocycles. The molecule has 5 nitrogen and oxygen atoms in total. The molecule has 0 saturated heterocycles. The Bertz CT molecular complexity index is 871. The van der Waals surface area contributed by atoms with Gasteiger partial charge < -0.3 is 15.0 Å². The second kappa shape index (κ2) is 6.50. The number of hydrogen-bond acceptors (Lipinski definition) is 3. The lowest BCUT2D eigenvalue weighted by molar-refractivity contribution is -0.970. The Morgan fingerprint density at radius 3 is 2.11 bits per heavy atom. The van der Waals surface area contributed by atoms with Crippen molar-refractivity contribution in [2.45, 2.75) is 51.2 Å². The van der Waals surface area contributed by atoms with Gasteiger partial charge in [-0.25, -0.2) is 4.79 Å². The normalized spacial score (nSPS) is 24.9. The van der Waals surface area contributed by atoms with Crippen LogP contribution in [0.4, 0.5) is 4.79 Å². The Morgan fingerprint density at radius 2 is 1.59 bits per heavy atom. The molecule has 0 spiro atoms. The molecule has 2 unspecified atom stereocenters. The molecule has 1 heterocycles. The third kappa shape index (κ3) is 2.82. The van der Waals surface area contributed by atoms with Crippen molar-refractivity contribution in [3.05, 3.63) is 71.3 Å². The zero-order valence-electron chi connectivity index (χ0n) is 15.9. The molecule has 142 valence electrons. The van der Waals surface area contributed by atoms with Crippen LogP contribution >= 0.6 is 0 Å². The van der Waals surface area contributed by atoms with E-state index in [4.69, 9.17) is 0 Å². The summed E-state index contributed by atoms with van der Waals surface area (Å²) in [6.07, 6.45) is -1.10. The highest BCUT2D eigenvalue weighted by molar-refractivity contribution is 5.81. The van der Waals surface area contributed by atoms with Gasteiger partial charge in [0.2, 0.25) is 5.54 Å². The van der Waals surface area contributed by atoms with Crippen LogP contribution in [0.5, 0.6) is 0 Å². The van der Waals surface area contributed by atoms with E-state index in [1.165, 1.54) is 0 Å². The third-order valence-electron chi connectivity index (χ3n) is 5.93. The highest BCUT2D eigenvalue weighted by Crippen LogP contribution is 2.46. The molecule has 5 heteroatoms. The van der Waals surface area contributed by atoms with Crippen molar-refractivity contribution in [1.29, 1.82) is 0 Å². The molecule has 2 atom stereocenters. The first-order valence-corrected chi connectivity index (χ1v) is 9.08. The summed E-state index contributed by atoms with van der Waals surface area (Å²) in [5.41, 5.74) is 0.107. The fourth-order valence-electron chi connectivity index (χ4n) is 4.58. The Balaban J connectivity index is 2.31. The van der Waals surface area contributed by atoms with Gasteiger partial charge >= 0.3 is 5.97 Å². The first-order chi connectivity index (χ1) is 12.6. The largest absolute Gasteiger partial charge is 0.498 e. The molecular formula is C22H25NO4. The number of fused-ring (bicyclic) bond motifs is 1. The van der Waals surface area contributed by atoms with Crippen LogP contribution in [0.3, 0.4) is 0 Å². The standard InChI is InChI=1S/C22H25NO4/c1-21(2,3)23(20(26)27)15-18-12-8-7-11-17(18)14-22(23,19(24)25)13-16-9-5-4-6-10-16/h4-12H,13-15H2,1-3H3,(H-,24,25,26,27). The number of hydrogen-bond donors (Lipinski definition) is 1. The minimum Gasteiger partial charge on any atom is -0.498 e. The van der Waals surface area contributed by atoms with Gasteiger partial charge in [-0.05, 0) is 31.9 Å². The molecular weight excluding hydrogens is 342 g/mol. The maximum absolute atomic E-state index is 12.8. The first-order valence-electron chi connectivity index (χ1n) is 9.08. The maximum atomic E-state index is 12.8. The van der Waals surface area contributed by atoms with Crippen molar-refractivity contribution in [2.75, 3.05) is 0 Å². The Labute approximate surface area is 159 Å². The smallest absolute Gasteiger partial charge is 0.366 e. The fraction of sp³-hybridized carbons (Fsp3) is 0.364. The lowest BCUT2D eigenvalue weighted by Gasteiger charge is -2.59. The van der Waals surface area contributed by atoms with Gasteiger partial charge in [0.1, 0.15) is 6.54 Å². The van der Waals surface area contributed by atoms with Crippen LogP contribution in [-0.4, -0.2) is 32.7 Å². The second-order valence-electron chi connectivity index (χ2n) is 8.35. The van der Waals surface area contributed by atoms with Crippen LogP contribution in [0, 0.1) is 0 Å². The van der Waals surface area contributed by atoms with Crippen LogP contribution in [0.1, 0.15) is 37.5 Å². The molecule has 1 aliphatic rings. The molecule has 1 amide bonds. The molecule has 0 fully saturated rings. The number of carbonyl (C=O) groups is 2. The van der Waals surface area contributed by atoms with E-state index in [2.05, 4.69) is 0 Å². The molecule has 2 aromatic rings. The van der Waals surface area contributed by atoms with Crippen molar-refractivity contribution in [2.24, 2.45) is 0 Å². The number of quaternary nitrogens is 1. The number of amides is 1. The van der Waals surface area contributed by atoms with Gasteiger partial charge in [0.25, 0.3) is 6.09 Å². The minimum absolute atomic E-state index is 0.0845. The second-order valence-corrected chi connectivity index (χ2v) is 8.35. The average molecular weight is 367 g/mol. The summed E-state index contributed by atoms with van der Waals surface area (Å²) < 4.78 is -0.652. The first kappa shape index (κ1) is 19.1. The van der Waals surface area contributed by atoms with Crippen molar-refractivity contribution >= 4 is 12.1 Å². The summed E-state index contributed by atoms with van der Waals surface area (Å²) in [6, 6.07) is 16.7. The maximum Gasteiger partial charge on any atom is 0.366 e. The number of carboxylic acids is 1. The van der Waals surface area contributed by atoms with Gasteiger partial charge in [-0.15, -0.1) is 0 Å². The summed E-state index contributed by atoms with van der Waals surface area (Å²) in [5, 5.41) is 23.1. The van der Waals surface area contributed by atoms with Crippen LogP contribution in [0.2, 0.25) is 0 Å². The number of carboxylic acid groups (broad SMARTS) is 2. The number of rotatable bonds is 3. The van der Waals surface area contributed by atoms with Gasteiger partial charge in [0, 0.05) is 18.4 Å². The zero-order valence-corrected chi connectivity index (χ0v) is 15.9. The van der Waals surface area contributed by atoms with E-state index in [-0.39, 0.29) is 19.4 Å². The van der Waals surface area contributed by atoms with Crippen LogP contribution in [0.15, 0.2) is 54.6 Å². The van der Waals surface area contributed by atoms with Crippen molar-refractivity contribution in [1.82, 2.24) is 0 Å². The highest BCUT2D eigenvalue weighted by atomic mass is 16.4. The molecule has 27 heavy (non-hydrogen) atoms. The predicted octanol–water partition coefficient (Wildman–Crippen LogP) is 2.77. The van der Waals surface area contributed by atoms with Gasteiger partial charge in [-0.3, -0.25) is 4.48 Å². The molecule has 0 bridgehead atoms. The number of benzene rings is 2. The molecule has 3 rings (SSSR count). The topological polar surface area (TPSA) is 77.4 Å². The Kier molecular flexibility index (Phi) is 4.60. The van der Waals surface area contributed by atoms with Crippen LogP contribution < -0.4 is 5.11 Å². The predicted molar refractivity (Wildman–Crippen MR) is 99.8 cm³/mol. The number of aliphatic carboxylic acids is 1. The monoisotopic (exact) mass is 367 g/mol. The number of carbonyl (C=O) groups excluding carboxylic acids is 1. The van der Waals surface area contributed by atoms with E-state index in [0.717, 1.165) is 16.7 Å². The van der Waals surface area contributed by atoms with Crippen molar-refractivity contribution in [3.8, 4) is 0 Å². The summed E-state index contributed by atoms with van der Waals surface area (Å²) in [7, 11) is 0. The molecule has 1 aliphatic heterocycles. The quantitative estimate of drug-likeness (QED) is 0.846. The summed E-state index contributed by atoms with van der Waals surface area (Å²) >= 11 is 0. The van der Waals surface area contributed by atoms with Crippen LogP contribution in [-0.2, 0) is 24.2 Å². The minimum atomic E-state index is -1.56. The SMILES string of the molecule is CC(C)(C)[N+]1(C(=O)[O-])Cc2ccccc2CC1(Cc1ccccc1)C(=O)O. The molecule has 0 radical (unpaired) electrons. The molecule has 2 aromatic carbocycles. The van der Waals surface area contributed by atoms with Gasteiger partial charge in [-0.1, -0.05) is 54.6 Å². The van der Waals surface area contributed by atoms with E-state index in [1.807, 2.05) is 54.6 Å². The zero-order chi connectivity index (χ0) is 19.9. The Morgan fingerprint density at radius 1 is 1.04 bits per heavy atom.